The summed E-state index contributed by atoms with van der Waals surface area (Å²) in [5, 5.41) is 12.3. The summed E-state index contributed by atoms with van der Waals surface area (Å²) in [6.45, 7) is 0. The Labute approximate surface area is 146 Å². The van der Waals surface area contributed by atoms with Gasteiger partial charge in [0, 0.05) is 17.9 Å². The fourth-order valence-electron chi connectivity index (χ4n) is 2.49. The number of benzene rings is 2. The number of carboxylic acid groups (broad SMARTS) is 1. The van der Waals surface area contributed by atoms with Crippen LogP contribution in [0, 0.1) is 0 Å². The van der Waals surface area contributed by atoms with E-state index in [2.05, 4.69) is 5.32 Å². The highest BCUT2D eigenvalue weighted by Gasteiger charge is 2.17. The van der Waals surface area contributed by atoms with Crippen molar-refractivity contribution >= 4 is 23.5 Å². The maximum absolute atomic E-state index is 12.2. The third kappa shape index (κ3) is 5.70. The number of hydrogen-bond acceptors (Lipinski definition) is 2. The number of aliphatic carboxylic acids is 1. The highest BCUT2D eigenvalue weighted by Crippen LogP contribution is 2.24. The van der Waals surface area contributed by atoms with Gasteiger partial charge in [0.05, 0.1) is 6.04 Å². The molecule has 4 nitrogen and oxygen atoms in total. The first-order chi connectivity index (χ1) is 11.6. The molecule has 1 unspecified atom stereocenters. The van der Waals surface area contributed by atoms with Crippen LogP contribution < -0.4 is 5.32 Å². The molecule has 0 spiro atoms. The van der Waals surface area contributed by atoms with Crippen molar-refractivity contribution in [2.24, 2.45) is 0 Å². The Hall–Kier alpha value is -2.33. The van der Waals surface area contributed by atoms with Crippen LogP contribution in [0.1, 0.15) is 42.9 Å². The molecule has 0 fully saturated rings. The first-order valence-corrected chi connectivity index (χ1v) is 8.25. The lowest BCUT2D eigenvalue weighted by atomic mass is 9.98. The lowest BCUT2D eigenvalue weighted by molar-refractivity contribution is -0.137. The molecule has 0 aromatic heterocycles. The first-order valence-electron chi connectivity index (χ1n) is 7.88. The van der Waals surface area contributed by atoms with Crippen LogP contribution in [0.5, 0.6) is 0 Å². The molecule has 2 N–H and O–H groups in total. The van der Waals surface area contributed by atoms with E-state index in [0.29, 0.717) is 24.3 Å². The molecule has 2 aromatic carbocycles. The zero-order chi connectivity index (χ0) is 17.4. The lowest BCUT2D eigenvalue weighted by Crippen LogP contribution is -2.29. The molecule has 5 heteroatoms. The molecule has 0 bridgehead atoms. The average Bonchev–Trinajstić information content (AvgIpc) is 2.57. The number of halogens is 1. The normalized spacial score (nSPS) is 11.7. The highest BCUT2D eigenvalue weighted by molar-refractivity contribution is 6.30. The number of carbonyl (C=O) groups excluding carboxylic acids is 1. The summed E-state index contributed by atoms with van der Waals surface area (Å²) in [5.41, 5.74) is 1.88. The third-order valence-corrected chi connectivity index (χ3v) is 3.90. The van der Waals surface area contributed by atoms with Gasteiger partial charge < -0.3 is 10.4 Å². The van der Waals surface area contributed by atoms with Gasteiger partial charge in [-0.3, -0.25) is 9.59 Å². The van der Waals surface area contributed by atoms with Crippen molar-refractivity contribution in [1.82, 2.24) is 5.32 Å². The van der Waals surface area contributed by atoms with E-state index in [1.165, 1.54) is 0 Å². The van der Waals surface area contributed by atoms with Crippen LogP contribution in [0.2, 0.25) is 5.02 Å². The van der Waals surface area contributed by atoms with Gasteiger partial charge >= 0.3 is 5.97 Å². The van der Waals surface area contributed by atoms with Gasteiger partial charge in [-0.05, 0) is 36.1 Å². The van der Waals surface area contributed by atoms with Crippen LogP contribution in [0.3, 0.4) is 0 Å². The molecule has 0 aliphatic heterocycles. The number of carboxylic acids is 1. The molecule has 0 saturated heterocycles. The predicted molar refractivity (Wildman–Crippen MR) is 94.0 cm³/mol. The van der Waals surface area contributed by atoms with Gasteiger partial charge in [0.1, 0.15) is 0 Å². The Morgan fingerprint density at radius 3 is 2.29 bits per heavy atom. The van der Waals surface area contributed by atoms with E-state index in [1.54, 1.807) is 6.07 Å². The number of unbranched alkanes of at least 4 members (excludes halogenated alkanes) is 1. The van der Waals surface area contributed by atoms with Gasteiger partial charge in [-0.25, -0.2) is 0 Å². The Kier molecular flexibility index (Phi) is 6.82. The molecular weight excluding hydrogens is 326 g/mol. The number of amides is 1. The zero-order valence-electron chi connectivity index (χ0n) is 13.2. The number of rotatable bonds is 8. The van der Waals surface area contributed by atoms with Crippen LogP contribution in [0.25, 0.3) is 0 Å². The summed E-state index contributed by atoms with van der Waals surface area (Å²) >= 11 is 6.08. The second kappa shape index (κ2) is 9.08. The monoisotopic (exact) mass is 345 g/mol. The molecule has 1 amide bonds. The zero-order valence-corrected chi connectivity index (χ0v) is 14.0. The van der Waals surface area contributed by atoms with Crippen molar-refractivity contribution < 1.29 is 14.7 Å². The molecule has 0 aliphatic rings. The summed E-state index contributed by atoms with van der Waals surface area (Å²) in [4.78, 5) is 22.7. The van der Waals surface area contributed by atoms with Crippen LogP contribution in [-0.2, 0) is 9.59 Å². The maximum atomic E-state index is 12.2. The van der Waals surface area contributed by atoms with E-state index in [0.717, 1.165) is 11.1 Å². The molecular formula is C19H20ClNO3. The van der Waals surface area contributed by atoms with E-state index in [1.807, 2.05) is 48.5 Å². The molecule has 0 aliphatic carbocycles. The molecule has 0 radical (unpaired) electrons. The molecule has 2 rings (SSSR count). The van der Waals surface area contributed by atoms with Gasteiger partial charge in [0.25, 0.3) is 0 Å². The predicted octanol–water partition coefficient (Wildman–Crippen LogP) is 4.19. The Bertz CT molecular complexity index is 688. The fourth-order valence-corrected chi connectivity index (χ4v) is 2.68. The Morgan fingerprint density at radius 2 is 1.62 bits per heavy atom. The van der Waals surface area contributed by atoms with Gasteiger partial charge in [-0.1, -0.05) is 54.1 Å². The minimum absolute atomic E-state index is 0.0870. The van der Waals surface area contributed by atoms with E-state index in [4.69, 9.17) is 16.7 Å². The fraction of sp³-hybridized carbons (Fsp3) is 0.263. The van der Waals surface area contributed by atoms with E-state index in [-0.39, 0.29) is 18.4 Å². The quantitative estimate of drug-likeness (QED) is 0.705. The van der Waals surface area contributed by atoms with Crippen molar-refractivity contribution in [3.8, 4) is 0 Å². The van der Waals surface area contributed by atoms with Crippen molar-refractivity contribution in [3.63, 3.8) is 0 Å². The van der Waals surface area contributed by atoms with E-state index < -0.39 is 5.97 Å². The van der Waals surface area contributed by atoms with Crippen molar-refractivity contribution in [3.05, 3.63) is 70.7 Å². The largest absolute Gasteiger partial charge is 0.481 e. The smallest absolute Gasteiger partial charge is 0.303 e. The molecule has 126 valence electrons. The minimum atomic E-state index is -0.837. The van der Waals surface area contributed by atoms with Crippen LogP contribution in [0.15, 0.2) is 54.6 Å². The van der Waals surface area contributed by atoms with Gasteiger partial charge in [-0.15, -0.1) is 0 Å². The Morgan fingerprint density at radius 1 is 0.958 bits per heavy atom. The van der Waals surface area contributed by atoms with Crippen molar-refractivity contribution in [2.45, 2.75) is 31.7 Å². The summed E-state index contributed by atoms with van der Waals surface area (Å²) in [6.07, 6.45) is 1.44. The first kappa shape index (κ1) is 18.0. The van der Waals surface area contributed by atoms with Gasteiger partial charge in [0.2, 0.25) is 5.91 Å². The second-order valence-corrected chi connectivity index (χ2v) is 6.00. The molecule has 1 atom stereocenters. The highest BCUT2D eigenvalue weighted by atomic mass is 35.5. The topological polar surface area (TPSA) is 66.4 Å². The summed E-state index contributed by atoms with van der Waals surface area (Å²) < 4.78 is 0. The number of carbonyl (C=O) groups is 2. The standard InChI is InChI=1S/C19H20ClNO3/c20-16-10-6-9-15(13-16)19(14-7-2-1-3-8-14)21-17(22)11-4-5-12-18(23)24/h1-3,6-10,13,19H,4-5,11-12H2,(H,21,22)(H,23,24). The molecule has 0 saturated carbocycles. The second-order valence-electron chi connectivity index (χ2n) is 5.57. The van der Waals surface area contributed by atoms with Gasteiger partial charge in [-0.2, -0.15) is 0 Å². The molecule has 2 aromatic rings. The average molecular weight is 346 g/mol. The van der Waals surface area contributed by atoms with E-state index >= 15 is 0 Å². The van der Waals surface area contributed by atoms with Crippen LogP contribution >= 0.6 is 11.6 Å². The SMILES string of the molecule is O=C(O)CCCCC(=O)NC(c1ccccc1)c1cccc(Cl)c1. The van der Waals surface area contributed by atoms with Crippen molar-refractivity contribution in [1.29, 1.82) is 0 Å². The molecule has 0 heterocycles. The lowest BCUT2D eigenvalue weighted by Gasteiger charge is -2.20. The third-order valence-electron chi connectivity index (χ3n) is 3.66. The van der Waals surface area contributed by atoms with Crippen LogP contribution in [0.4, 0.5) is 0 Å². The van der Waals surface area contributed by atoms with Crippen LogP contribution in [-0.4, -0.2) is 17.0 Å². The Balaban J connectivity index is 2.07. The number of hydrogen-bond donors (Lipinski definition) is 2. The molecule has 24 heavy (non-hydrogen) atoms. The maximum Gasteiger partial charge on any atom is 0.303 e. The minimum Gasteiger partial charge on any atom is -0.481 e. The number of nitrogens with one attached hydrogen (secondary N) is 1. The summed E-state index contributed by atoms with van der Waals surface area (Å²) in [7, 11) is 0. The van der Waals surface area contributed by atoms with E-state index in [9.17, 15) is 9.59 Å². The van der Waals surface area contributed by atoms with Crippen molar-refractivity contribution in [2.75, 3.05) is 0 Å². The summed E-state index contributed by atoms with van der Waals surface area (Å²) in [5.74, 6) is -0.939. The van der Waals surface area contributed by atoms with Gasteiger partial charge in [0.15, 0.2) is 0 Å². The summed E-state index contributed by atoms with van der Waals surface area (Å²) in [6, 6.07) is 16.8.